The lowest BCUT2D eigenvalue weighted by atomic mass is 9.97. The third-order valence-electron chi connectivity index (χ3n) is 4.53. The van der Waals surface area contributed by atoms with Crippen molar-refractivity contribution < 1.29 is 38.0 Å². The summed E-state index contributed by atoms with van der Waals surface area (Å²) in [6.07, 6.45) is 2.45. The van der Waals surface area contributed by atoms with Gasteiger partial charge in [0.15, 0.2) is 17.3 Å². The van der Waals surface area contributed by atoms with Crippen molar-refractivity contribution in [2.24, 2.45) is 5.92 Å². The molecule has 1 aromatic rings. The van der Waals surface area contributed by atoms with Crippen molar-refractivity contribution in [3.8, 4) is 17.2 Å². The third-order valence-corrected chi connectivity index (χ3v) is 4.53. The van der Waals surface area contributed by atoms with Crippen LogP contribution in [0.4, 0.5) is 0 Å². The summed E-state index contributed by atoms with van der Waals surface area (Å²) in [5.74, 6) is 1.53. The van der Waals surface area contributed by atoms with Gasteiger partial charge >= 0.3 is 11.9 Å². The van der Waals surface area contributed by atoms with Gasteiger partial charge in [-0.25, -0.2) is 0 Å². The molecule has 0 fully saturated rings. The fraction of sp³-hybridized carbons (Fsp3) is 0.455. The van der Waals surface area contributed by atoms with Crippen LogP contribution in [0, 0.1) is 5.92 Å². The first-order valence-corrected chi connectivity index (χ1v) is 9.68. The van der Waals surface area contributed by atoms with Gasteiger partial charge in [0.25, 0.3) is 0 Å². The highest BCUT2D eigenvalue weighted by atomic mass is 16.6. The molecular weight excluding hydrogens is 406 g/mol. The standard InChI is InChI=1S/C22H29NO8/c1-13(24)30-21-17(26-3)7-15(8-18(21)27-4)11-23-12-16-9-19(28-5)22(31-14(2)25)20(10-16)29-6/h7-9,16,23H,10-12H2,1-6H3. The molecule has 0 saturated carbocycles. The molecule has 0 heterocycles. The minimum atomic E-state index is -0.462. The molecule has 0 bridgehead atoms. The highest BCUT2D eigenvalue weighted by Crippen LogP contribution is 2.38. The third kappa shape index (κ3) is 6.39. The number of benzene rings is 1. The van der Waals surface area contributed by atoms with E-state index in [1.165, 1.54) is 42.3 Å². The largest absolute Gasteiger partial charge is 0.497 e. The Kier molecular flexibility index (Phi) is 8.75. The number of carbonyl (C=O) groups excluding carboxylic acids is 2. The summed E-state index contributed by atoms with van der Waals surface area (Å²) in [5.41, 5.74) is 0.888. The lowest BCUT2D eigenvalue weighted by Gasteiger charge is -2.24. The number of hydrogen-bond donors (Lipinski definition) is 1. The molecule has 170 valence electrons. The zero-order chi connectivity index (χ0) is 23.0. The van der Waals surface area contributed by atoms with Crippen LogP contribution in [0.15, 0.2) is 35.5 Å². The Labute approximate surface area is 181 Å². The van der Waals surface area contributed by atoms with Gasteiger partial charge in [-0.1, -0.05) is 0 Å². The van der Waals surface area contributed by atoms with E-state index in [0.717, 1.165) is 5.56 Å². The van der Waals surface area contributed by atoms with Crippen molar-refractivity contribution in [1.82, 2.24) is 5.32 Å². The predicted molar refractivity (Wildman–Crippen MR) is 112 cm³/mol. The lowest BCUT2D eigenvalue weighted by molar-refractivity contribution is -0.137. The Hall–Kier alpha value is -3.20. The average Bonchev–Trinajstić information content (AvgIpc) is 2.74. The van der Waals surface area contributed by atoms with E-state index in [2.05, 4.69) is 5.32 Å². The highest BCUT2D eigenvalue weighted by Gasteiger charge is 2.26. The molecule has 1 aromatic carbocycles. The van der Waals surface area contributed by atoms with Crippen molar-refractivity contribution in [1.29, 1.82) is 0 Å². The second kappa shape index (κ2) is 11.3. The summed E-state index contributed by atoms with van der Waals surface area (Å²) in [6.45, 7) is 3.78. The smallest absolute Gasteiger partial charge is 0.308 e. The molecular formula is C22H29NO8. The van der Waals surface area contributed by atoms with E-state index < -0.39 is 11.9 Å². The molecule has 0 aromatic heterocycles. The summed E-state index contributed by atoms with van der Waals surface area (Å²) in [5, 5.41) is 3.37. The molecule has 9 heteroatoms. The number of ether oxygens (including phenoxy) is 6. The van der Waals surface area contributed by atoms with Crippen LogP contribution >= 0.6 is 0 Å². The number of rotatable bonds is 10. The number of allylic oxidation sites excluding steroid dienone is 1. The van der Waals surface area contributed by atoms with E-state index in [-0.39, 0.29) is 11.7 Å². The van der Waals surface area contributed by atoms with Gasteiger partial charge < -0.3 is 33.7 Å². The van der Waals surface area contributed by atoms with Crippen LogP contribution in [0.25, 0.3) is 0 Å². The molecule has 9 nitrogen and oxygen atoms in total. The van der Waals surface area contributed by atoms with E-state index >= 15 is 0 Å². The number of hydrogen-bond acceptors (Lipinski definition) is 9. The molecule has 1 unspecified atom stereocenters. The molecule has 0 amide bonds. The van der Waals surface area contributed by atoms with Crippen molar-refractivity contribution in [3.05, 3.63) is 41.0 Å². The molecule has 0 saturated heterocycles. The molecule has 1 aliphatic rings. The molecule has 2 rings (SSSR count). The van der Waals surface area contributed by atoms with Crippen LogP contribution < -0.4 is 19.5 Å². The van der Waals surface area contributed by atoms with Crippen LogP contribution in [0.1, 0.15) is 25.8 Å². The zero-order valence-corrected chi connectivity index (χ0v) is 18.7. The fourth-order valence-corrected chi connectivity index (χ4v) is 3.22. The number of esters is 2. The summed E-state index contributed by atoms with van der Waals surface area (Å²) >= 11 is 0. The van der Waals surface area contributed by atoms with Crippen molar-refractivity contribution >= 4 is 11.9 Å². The molecule has 1 N–H and O–H groups in total. The number of carbonyl (C=O) groups is 2. The quantitative estimate of drug-likeness (QED) is 0.439. The van der Waals surface area contributed by atoms with Gasteiger partial charge in [0, 0.05) is 39.3 Å². The van der Waals surface area contributed by atoms with E-state index in [1.54, 1.807) is 12.1 Å². The van der Waals surface area contributed by atoms with Crippen LogP contribution in [-0.2, 0) is 30.3 Å². The van der Waals surface area contributed by atoms with E-state index in [0.29, 0.717) is 48.3 Å². The van der Waals surface area contributed by atoms with Gasteiger partial charge in [-0.05, 0) is 23.8 Å². The molecule has 0 radical (unpaired) electrons. The first-order chi connectivity index (χ1) is 14.8. The first-order valence-electron chi connectivity index (χ1n) is 9.68. The van der Waals surface area contributed by atoms with E-state index in [9.17, 15) is 9.59 Å². The van der Waals surface area contributed by atoms with Crippen LogP contribution in [0.5, 0.6) is 17.2 Å². The van der Waals surface area contributed by atoms with E-state index in [4.69, 9.17) is 28.4 Å². The van der Waals surface area contributed by atoms with E-state index in [1.807, 2.05) is 6.08 Å². The SMILES string of the molecule is COC1=CC(CNCc2cc(OC)c(OC(C)=O)c(OC)c2)CC(OC)=C1OC(C)=O. The zero-order valence-electron chi connectivity index (χ0n) is 18.7. The Bertz CT molecular complexity index is 849. The topological polar surface area (TPSA) is 102 Å². The van der Waals surface area contributed by atoms with Gasteiger partial charge in [-0.2, -0.15) is 0 Å². The second-order valence-corrected chi connectivity index (χ2v) is 6.80. The van der Waals surface area contributed by atoms with Gasteiger partial charge in [0.1, 0.15) is 5.76 Å². The summed E-state index contributed by atoms with van der Waals surface area (Å²) < 4.78 is 32.0. The summed E-state index contributed by atoms with van der Waals surface area (Å²) in [6, 6.07) is 3.56. The van der Waals surface area contributed by atoms with Gasteiger partial charge in [0.05, 0.1) is 28.4 Å². The van der Waals surface area contributed by atoms with Crippen molar-refractivity contribution in [2.75, 3.05) is 35.0 Å². The average molecular weight is 435 g/mol. The van der Waals surface area contributed by atoms with Crippen LogP contribution in [0.2, 0.25) is 0 Å². The summed E-state index contributed by atoms with van der Waals surface area (Å²) in [4.78, 5) is 22.7. The number of nitrogens with one attached hydrogen (secondary N) is 1. The van der Waals surface area contributed by atoms with Gasteiger partial charge in [0.2, 0.25) is 11.5 Å². The Morgan fingerprint density at radius 3 is 2.03 bits per heavy atom. The maximum absolute atomic E-state index is 11.4. The van der Waals surface area contributed by atoms with Gasteiger partial charge in [-0.15, -0.1) is 0 Å². The van der Waals surface area contributed by atoms with Crippen molar-refractivity contribution in [2.45, 2.75) is 26.8 Å². The Morgan fingerprint density at radius 1 is 0.935 bits per heavy atom. The Morgan fingerprint density at radius 2 is 1.55 bits per heavy atom. The summed E-state index contributed by atoms with van der Waals surface area (Å²) in [7, 11) is 6.04. The maximum Gasteiger partial charge on any atom is 0.308 e. The van der Waals surface area contributed by atoms with Crippen molar-refractivity contribution in [3.63, 3.8) is 0 Å². The molecule has 1 atom stereocenters. The fourth-order valence-electron chi connectivity index (χ4n) is 3.22. The van der Waals surface area contributed by atoms with Crippen LogP contribution in [0.3, 0.4) is 0 Å². The maximum atomic E-state index is 11.4. The lowest BCUT2D eigenvalue weighted by Crippen LogP contribution is -2.25. The highest BCUT2D eigenvalue weighted by molar-refractivity contribution is 5.72. The molecule has 31 heavy (non-hydrogen) atoms. The minimum absolute atomic E-state index is 0.0633. The molecule has 0 aliphatic heterocycles. The molecule has 1 aliphatic carbocycles. The minimum Gasteiger partial charge on any atom is -0.497 e. The van der Waals surface area contributed by atoms with Gasteiger partial charge in [-0.3, -0.25) is 9.59 Å². The monoisotopic (exact) mass is 435 g/mol. The normalized spacial score (nSPS) is 15.7. The predicted octanol–water partition coefficient (Wildman–Crippen LogP) is 2.69. The van der Waals surface area contributed by atoms with Crippen LogP contribution in [-0.4, -0.2) is 46.9 Å². The second-order valence-electron chi connectivity index (χ2n) is 6.80. The Balaban J connectivity index is 2.10. The molecule has 0 spiro atoms. The number of methoxy groups -OCH3 is 4. The first kappa shape index (κ1) is 24.1.